The molecule has 0 aromatic carbocycles. The second-order valence-electron chi connectivity index (χ2n) is 4.51. The molecule has 0 bridgehead atoms. The summed E-state index contributed by atoms with van der Waals surface area (Å²) in [5.74, 6) is 0. The Hall–Kier alpha value is -2.25. The van der Waals surface area contributed by atoms with Gasteiger partial charge in [0.25, 0.3) is 0 Å². The van der Waals surface area contributed by atoms with Crippen molar-refractivity contribution < 1.29 is 9.90 Å². The van der Waals surface area contributed by atoms with E-state index in [4.69, 9.17) is 16.7 Å². The van der Waals surface area contributed by atoms with E-state index in [1.165, 1.54) is 0 Å². The number of hydrogen-bond donors (Lipinski definition) is 1. The van der Waals surface area contributed by atoms with Gasteiger partial charge in [-0.25, -0.2) is 9.67 Å². The first-order valence-corrected chi connectivity index (χ1v) is 9.32. The minimum absolute atomic E-state index is 0.372. The molecule has 2 aromatic rings. The Kier molecular flexibility index (Phi) is 17.2. The van der Waals surface area contributed by atoms with Crippen LogP contribution in [0.4, 0.5) is 0 Å². The van der Waals surface area contributed by atoms with Crippen molar-refractivity contribution in [1.29, 1.82) is 0 Å². The maximum Gasteiger partial charge on any atom is 0.209 e. The minimum Gasteiger partial charge on any atom is -0.400 e. The number of aromatic nitrogens is 4. The van der Waals surface area contributed by atoms with Crippen LogP contribution in [0.1, 0.15) is 46.7 Å². The molecule has 0 aliphatic rings. The molecule has 2 heterocycles. The monoisotopic (exact) mass is 397 g/mol. The van der Waals surface area contributed by atoms with E-state index in [-0.39, 0.29) is 0 Å². The Morgan fingerprint density at radius 3 is 2.44 bits per heavy atom. The summed E-state index contributed by atoms with van der Waals surface area (Å²) in [6.07, 6.45) is 6.91. The fourth-order valence-electron chi connectivity index (χ4n) is 1.85. The minimum atomic E-state index is 0.372. The average molecular weight is 398 g/mol. The van der Waals surface area contributed by atoms with Crippen LogP contribution in [-0.4, -0.2) is 57.1 Å². The fourth-order valence-corrected chi connectivity index (χ4v) is 2.05. The van der Waals surface area contributed by atoms with Crippen molar-refractivity contribution in [2.45, 2.75) is 41.0 Å². The lowest BCUT2D eigenvalue weighted by Crippen LogP contribution is -2.17. The number of hydrogen-bond acceptors (Lipinski definition) is 5. The van der Waals surface area contributed by atoms with Crippen molar-refractivity contribution in [3.8, 4) is 5.69 Å². The molecule has 1 amide bonds. The zero-order valence-corrected chi connectivity index (χ0v) is 18.1. The third-order valence-corrected chi connectivity index (χ3v) is 3.36. The Labute approximate surface area is 167 Å². The molecule has 0 unspecified atom stereocenters. The van der Waals surface area contributed by atoms with Crippen LogP contribution in [0, 0.1) is 0 Å². The van der Waals surface area contributed by atoms with Crippen LogP contribution >= 0.6 is 11.6 Å². The molecule has 27 heavy (non-hydrogen) atoms. The Morgan fingerprint density at radius 2 is 1.93 bits per heavy atom. The zero-order chi connectivity index (χ0) is 21.2. The number of rotatable bonds is 6. The number of pyridine rings is 1. The molecular weight excluding hydrogens is 366 g/mol. The summed E-state index contributed by atoms with van der Waals surface area (Å²) in [5, 5.41) is 15.6. The number of halogens is 1. The van der Waals surface area contributed by atoms with Gasteiger partial charge in [0.1, 0.15) is 11.4 Å². The lowest BCUT2D eigenvalue weighted by Gasteiger charge is -2.10. The molecule has 0 saturated heterocycles. The standard InChI is InChI=1S/C14H16ClN5O.2C2H6.CH4O/c1-3-11(6-8-19(2)10-21)12-9-20(18-17-12)13-5-4-7-16-14(13)15;3*1-2/h3-5,7,9-10H,6,8H2,1-2H3;2*1-2H3;2H,1H3/b11-3+;;;. The van der Waals surface area contributed by atoms with E-state index in [2.05, 4.69) is 15.3 Å². The second-order valence-corrected chi connectivity index (χ2v) is 4.87. The number of aliphatic hydroxyl groups excluding tert-OH is 1. The van der Waals surface area contributed by atoms with Crippen molar-refractivity contribution in [3.05, 3.63) is 41.4 Å². The molecule has 0 aliphatic heterocycles. The average Bonchev–Trinajstić information content (AvgIpc) is 3.23. The van der Waals surface area contributed by atoms with Gasteiger partial charge in [-0.3, -0.25) is 4.79 Å². The number of carbonyl (C=O) groups is 1. The van der Waals surface area contributed by atoms with Gasteiger partial charge in [-0.05, 0) is 31.1 Å². The van der Waals surface area contributed by atoms with E-state index in [0.29, 0.717) is 23.8 Å². The maximum atomic E-state index is 10.6. The zero-order valence-electron chi connectivity index (χ0n) is 17.3. The van der Waals surface area contributed by atoms with Gasteiger partial charge in [0.2, 0.25) is 6.41 Å². The molecule has 0 atom stereocenters. The normalized spacial score (nSPS) is 9.59. The van der Waals surface area contributed by atoms with E-state index in [1.54, 1.807) is 35.1 Å². The molecule has 0 aliphatic carbocycles. The van der Waals surface area contributed by atoms with Gasteiger partial charge in [-0.2, -0.15) is 0 Å². The molecule has 2 rings (SSSR count). The van der Waals surface area contributed by atoms with E-state index in [0.717, 1.165) is 24.8 Å². The molecule has 0 radical (unpaired) electrons. The third kappa shape index (κ3) is 9.30. The predicted octanol–water partition coefficient (Wildman–Crippen LogP) is 3.86. The van der Waals surface area contributed by atoms with Gasteiger partial charge in [0.15, 0.2) is 5.15 Å². The molecule has 7 nitrogen and oxygen atoms in total. The van der Waals surface area contributed by atoms with Crippen LogP contribution in [0.2, 0.25) is 5.15 Å². The van der Waals surface area contributed by atoms with Crippen LogP contribution in [0.25, 0.3) is 11.3 Å². The largest absolute Gasteiger partial charge is 0.400 e. The van der Waals surface area contributed by atoms with Crippen LogP contribution in [-0.2, 0) is 4.79 Å². The second kappa shape index (κ2) is 17.2. The summed E-state index contributed by atoms with van der Waals surface area (Å²) < 4.78 is 1.59. The van der Waals surface area contributed by atoms with Gasteiger partial charge in [0, 0.05) is 26.9 Å². The highest BCUT2D eigenvalue weighted by Crippen LogP contribution is 2.20. The number of allylic oxidation sites excluding steroid dienone is 1. The Morgan fingerprint density at radius 1 is 1.30 bits per heavy atom. The highest BCUT2D eigenvalue weighted by Gasteiger charge is 2.10. The summed E-state index contributed by atoms with van der Waals surface area (Å²) in [5.41, 5.74) is 2.46. The molecule has 0 fully saturated rings. The van der Waals surface area contributed by atoms with Gasteiger partial charge < -0.3 is 10.0 Å². The van der Waals surface area contributed by atoms with Crippen molar-refractivity contribution >= 4 is 23.6 Å². The van der Waals surface area contributed by atoms with Gasteiger partial charge >= 0.3 is 0 Å². The predicted molar refractivity (Wildman–Crippen MR) is 112 cm³/mol. The Balaban J connectivity index is 0. The summed E-state index contributed by atoms with van der Waals surface area (Å²) in [4.78, 5) is 16.2. The van der Waals surface area contributed by atoms with E-state index in [1.807, 2.05) is 46.8 Å². The van der Waals surface area contributed by atoms with Crippen LogP contribution in [0.5, 0.6) is 0 Å². The van der Waals surface area contributed by atoms with Crippen molar-refractivity contribution in [1.82, 2.24) is 24.9 Å². The maximum absolute atomic E-state index is 10.6. The van der Waals surface area contributed by atoms with Crippen molar-refractivity contribution in [2.75, 3.05) is 20.7 Å². The van der Waals surface area contributed by atoms with E-state index in [9.17, 15) is 4.79 Å². The van der Waals surface area contributed by atoms with Crippen LogP contribution < -0.4 is 0 Å². The topological polar surface area (TPSA) is 84.1 Å². The van der Waals surface area contributed by atoms with Crippen LogP contribution in [0.15, 0.2) is 30.6 Å². The molecular formula is C19H32ClN5O2. The van der Waals surface area contributed by atoms with Gasteiger partial charge in [-0.15, -0.1) is 5.10 Å². The number of aliphatic hydroxyl groups is 1. The summed E-state index contributed by atoms with van der Waals surface area (Å²) in [6, 6.07) is 3.61. The fraction of sp³-hybridized carbons (Fsp3) is 0.474. The summed E-state index contributed by atoms with van der Waals surface area (Å²) >= 11 is 6.04. The summed E-state index contributed by atoms with van der Waals surface area (Å²) in [7, 11) is 2.74. The SMILES string of the molecule is C/C=C(\CCN(C)C=O)c1cn(-c2cccnc2Cl)nn1.CC.CC.CO. The van der Waals surface area contributed by atoms with Gasteiger partial charge in [0.05, 0.1) is 6.20 Å². The van der Waals surface area contributed by atoms with Gasteiger partial charge in [-0.1, -0.05) is 50.6 Å². The number of carbonyl (C=O) groups excluding carboxylic acids is 1. The summed E-state index contributed by atoms with van der Waals surface area (Å²) in [6.45, 7) is 10.6. The molecule has 1 N–H and O–H groups in total. The smallest absolute Gasteiger partial charge is 0.209 e. The first-order chi connectivity index (χ1) is 13.2. The molecule has 0 saturated carbocycles. The van der Waals surface area contributed by atoms with E-state index >= 15 is 0 Å². The molecule has 0 spiro atoms. The number of nitrogens with zero attached hydrogens (tertiary/aromatic N) is 5. The Bertz CT molecular complexity index is 659. The van der Waals surface area contributed by atoms with Crippen LogP contribution in [0.3, 0.4) is 0 Å². The highest BCUT2D eigenvalue weighted by atomic mass is 35.5. The lowest BCUT2D eigenvalue weighted by atomic mass is 10.1. The highest BCUT2D eigenvalue weighted by molar-refractivity contribution is 6.31. The lowest BCUT2D eigenvalue weighted by molar-refractivity contribution is -0.116. The number of amides is 1. The third-order valence-electron chi connectivity index (χ3n) is 3.07. The van der Waals surface area contributed by atoms with Crippen molar-refractivity contribution in [3.63, 3.8) is 0 Å². The molecule has 8 heteroatoms. The van der Waals surface area contributed by atoms with E-state index < -0.39 is 0 Å². The molecule has 2 aromatic heterocycles. The first kappa shape index (κ1) is 27.0. The molecule has 152 valence electrons. The first-order valence-electron chi connectivity index (χ1n) is 8.94. The quantitative estimate of drug-likeness (QED) is 0.591. The van der Waals surface area contributed by atoms with Crippen molar-refractivity contribution in [2.24, 2.45) is 0 Å².